The lowest BCUT2D eigenvalue weighted by molar-refractivity contribution is 1.18. The SMILES string of the molecule is [2H]c1ccc2c(c1)c1c(-c3cccc4c3c3cc(C)ccc3n4-c3ccccc3)cccc1n2-c1cc(-c2ccccc2)cc(-c2ccccc2)c1. The van der Waals surface area contributed by atoms with Crippen LogP contribution < -0.4 is 0 Å². The summed E-state index contributed by atoms with van der Waals surface area (Å²) in [5.74, 6) is 0. The van der Waals surface area contributed by atoms with E-state index >= 15 is 0 Å². The highest BCUT2D eigenvalue weighted by Gasteiger charge is 2.21. The van der Waals surface area contributed by atoms with Gasteiger partial charge in [-0.05, 0) is 101 Å². The minimum Gasteiger partial charge on any atom is -0.309 e. The molecule has 0 aliphatic heterocycles. The van der Waals surface area contributed by atoms with Gasteiger partial charge in [0.2, 0.25) is 0 Å². The molecule has 2 heterocycles. The average Bonchev–Trinajstić information content (AvgIpc) is 3.71. The lowest BCUT2D eigenvalue weighted by Crippen LogP contribution is -1.96. The standard InChI is InChI=1S/C49H34N2/c1-33-27-28-45-43(29-33)49-41(23-14-26-47(49)50(45)38-19-9-4-10-20-38)40-22-13-25-46-48(40)42-21-11-12-24-44(42)51(46)39-31-36(34-15-5-2-6-16-34)30-37(32-39)35-17-7-3-8-18-35/h2-32H,1H3/i11D. The fraction of sp³-hybridized carbons (Fsp3) is 0.0204. The summed E-state index contributed by atoms with van der Waals surface area (Å²) in [6, 6.07) is 65.5. The quantitative estimate of drug-likeness (QED) is 0.175. The molecule has 8 aromatic carbocycles. The molecule has 2 nitrogen and oxygen atoms in total. The Bertz CT molecular complexity index is 2900. The first-order chi connectivity index (χ1) is 25.6. The van der Waals surface area contributed by atoms with E-state index in [1.807, 2.05) is 12.1 Å². The molecular formula is C49H34N2. The summed E-state index contributed by atoms with van der Waals surface area (Å²) in [7, 11) is 0. The summed E-state index contributed by atoms with van der Waals surface area (Å²) in [6.45, 7) is 2.17. The van der Waals surface area contributed by atoms with Gasteiger partial charge in [0.15, 0.2) is 0 Å². The third-order valence-corrected chi connectivity index (χ3v) is 10.3. The third-order valence-electron chi connectivity index (χ3n) is 10.3. The molecule has 0 amide bonds. The number of fused-ring (bicyclic) bond motifs is 6. The van der Waals surface area contributed by atoms with Gasteiger partial charge in [-0.25, -0.2) is 0 Å². The van der Waals surface area contributed by atoms with E-state index in [-0.39, 0.29) is 0 Å². The highest BCUT2D eigenvalue weighted by atomic mass is 15.0. The first-order valence-electron chi connectivity index (χ1n) is 18.0. The smallest absolute Gasteiger partial charge is 0.0623 e. The highest BCUT2D eigenvalue weighted by Crippen LogP contribution is 2.44. The van der Waals surface area contributed by atoms with E-state index < -0.39 is 0 Å². The zero-order valence-electron chi connectivity index (χ0n) is 29.2. The molecule has 2 heteroatoms. The third kappa shape index (κ3) is 4.72. The molecule has 0 radical (unpaired) electrons. The molecule has 10 aromatic rings. The van der Waals surface area contributed by atoms with Crippen molar-refractivity contribution in [3.63, 3.8) is 0 Å². The van der Waals surface area contributed by atoms with Gasteiger partial charge in [0.25, 0.3) is 0 Å². The van der Waals surface area contributed by atoms with Crippen LogP contribution >= 0.6 is 0 Å². The van der Waals surface area contributed by atoms with E-state index in [0.29, 0.717) is 6.04 Å². The van der Waals surface area contributed by atoms with Gasteiger partial charge in [-0.2, -0.15) is 0 Å². The van der Waals surface area contributed by atoms with Crippen LogP contribution in [0.5, 0.6) is 0 Å². The van der Waals surface area contributed by atoms with Crippen molar-refractivity contribution in [2.24, 2.45) is 0 Å². The minimum absolute atomic E-state index is 0.499. The van der Waals surface area contributed by atoms with Crippen LogP contribution in [0.4, 0.5) is 0 Å². The normalized spacial score (nSPS) is 11.9. The topological polar surface area (TPSA) is 9.86 Å². The second-order valence-corrected chi connectivity index (χ2v) is 13.4. The lowest BCUT2D eigenvalue weighted by atomic mass is 9.95. The fourth-order valence-corrected chi connectivity index (χ4v) is 8.06. The maximum Gasteiger partial charge on any atom is 0.0623 e. The van der Waals surface area contributed by atoms with E-state index in [0.717, 1.165) is 49.9 Å². The van der Waals surface area contributed by atoms with Gasteiger partial charge >= 0.3 is 0 Å². The Morgan fingerprint density at radius 3 is 1.53 bits per heavy atom. The molecule has 0 aliphatic rings. The Balaban J connectivity index is 1.30. The number of rotatable bonds is 5. The summed E-state index contributed by atoms with van der Waals surface area (Å²) in [5.41, 5.74) is 15.0. The molecule has 0 aliphatic carbocycles. The summed E-state index contributed by atoms with van der Waals surface area (Å²) < 4.78 is 13.6. The molecule has 0 unspecified atom stereocenters. The van der Waals surface area contributed by atoms with Crippen molar-refractivity contribution in [3.8, 4) is 44.8 Å². The van der Waals surface area contributed by atoms with Crippen molar-refractivity contribution < 1.29 is 1.37 Å². The molecule has 0 N–H and O–H groups in total. The van der Waals surface area contributed by atoms with Gasteiger partial charge in [-0.15, -0.1) is 0 Å². The number of para-hydroxylation sites is 2. The molecule has 10 rings (SSSR count). The van der Waals surface area contributed by atoms with Crippen LogP contribution in [-0.4, -0.2) is 9.13 Å². The molecule has 51 heavy (non-hydrogen) atoms. The highest BCUT2D eigenvalue weighted by molar-refractivity contribution is 6.22. The maximum absolute atomic E-state index is 8.78. The summed E-state index contributed by atoms with van der Waals surface area (Å²) in [5, 5.41) is 4.69. The van der Waals surface area contributed by atoms with Crippen LogP contribution in [0, 0.1) is 6.92 Å². The molecule has 0 spiro atoms. The molecule has 0 atom stereocenters. The number of hydrogen-bond donors (Lipinski definition) is 0. The lowest BCUT2D eigenvalue weighted by Gasteiger charge is -2.14. The van der Waals surface area contributed by atoms with Crippen LogP contribution in [-0.2, 0) is 0 Å². The maximum atomic E-state index is 8.78. The molecule has 0 saturated carbocycles. The minimum atomic E-state index is 0.499. The predicted molar refractivity (Wildman–Crippen MR) is 216 cm³/mol. The molecular weight excluding hydrogens is 617 g/mol. The van der Waals surface area contributed by atoms with Crippen molar-refractivity contribution >= 4 is 43.6 Å². The Labute approximate surface area is 298 Å². The molecule has 0 fully saturated rings. The van der Waals surface area contributed by atoms with Crippen LogP contribution in [0.15, 0.2) is 188 Å². The van der Waals surface area contributed by atoms with Gasteiger partial charge < -0.3 is 9.13 Å². The number of benzene rings is 8. The van der Waals surface area contributed by atoms with Crippen LogP contribution in [0.2, 0.25) is 0 Å². The van der Waals surface area contributed by atoms with Gasteiger partial charge in [-0.1, -0.05) is 133 Å². The van der Waals surface area contributed by atoms with Crippen molar-refractivity contribution in [2.45, 2.75) is 6.92 Å². The van der Waals surface area contributed by atoms with Crippen LogP contribution in [0.25, 0.3) is 88.4 Å². The Morgan fingerprint density at radius 2 is 0.902 bits per heavy atom. The Morgan fingerprint density at radius 1 is 0.373 bits per heavy atom. The van der Waals surface area contributed by atoms with E-state index in [1.54, 1.807) is 0 Å². The van der Waals surface area contributed by atoms with Crippen LogP contribution in [0.1, 0.15) is 6.93 Å². The van der Waals surface area contributed by atoms with Crippen molar-refractivity contribution in [2.75, 3.05) is 0 Å². The van der Waals surface area contributed by atoms with Gasteiger partial charge in [-0.3, -0.25) is 0 Å². The molecule has 2 aromatic heterocycles. The van der Waals surface area contributed by atoms with Gasteiger partial charge in [0.1, 0.15) is 0 Å². The van der Waals surface area contributed by atoms with Gasteiger partial charge in [0, 0.05) is 32.9 Å². The molecule has 0 bridgehead atoms. The van der Waals surface area contributed by atoms with Crippen molar-refractivity contribution in [3.05, 3.63) is 194 Å². The Hall–Kier alpha value is -6.64. The predicted octanol–water partition coefficient (Wildman–Crippen LogP) is 13.2. The fourth-order valence-electron chi connectivity index (χ4n) is 8.06. The van der Waals surface area contributed by atoms with E-state index in [1.165, 1.54) is 44.1 Å². The first-order valence-corrected chi connectivity index (χ1v) is 17.5. The second kappa shape index (κ2) is 11.8. The average molecular weight is 652 g/mol. The number of hydrogen-bond acceptors (Lipinski definition) is 0. The number of aryl methyl sites for hydroxylation is 1. The summed E-state index contributed by atoms with van der Waals surface area (Å²) in [4.78, 5) is 0. The van der Waals surface area contributed by atoms with Crippen LogP contribution in [0.3, 0.4) is 0 Å². The van der Waals surface area contributed by atoms with E-state index in [4.69, 9.17) is 1.37 Å². The zero-order chi connectivity index (χ0) is 34.8. The summed E-state index contributed by atoms with van der Waals surface area (Å²) >= 11 is 0. The number of aromatic nitrogens is 2. The zero-order valence-corrected chi connectivity index (χ0v) is 28.2. The largest absolute Gasteiger partial charge is 0.309 e. The summed E-state index contributed by atoms with van der Waals surface area (Å²) in [6.07, 6.45) is 0. The second-order valence-electron chi connectivity index (χ2n) is 13.4. The Kier molecular flexibility index (Phi) is 6.50. The first kappa shape index (κ1) is 28.2. The van der Waals surface area contributed by atoms with Crippen molar-refractivity contribution in [1.29, 1.82) is 0 Å². The number of nitrogens with zero attached hydrogens (tertiary/aromatic N) is 2. The van der Waals surface area contributed by atoms with Crippen molar-refractivity contribution in [1.82, 2.24) is 9.13 Å². The molecule has 0 saturated heterocycles. The monoisotopic (exact) mass is 651 g/mol. The molecule has 240 valence electrons. The van der Waals surface area contributed by atoms with Gasteiger partial charge in [0.05, 0.1) is 23.4 Å². The van der Waals surface area contributed by atoms with E-state index in [9.17, 15) is 0 Å². The van der Waals surface area contributed by atoms with E-state index in [2.05, 4.69) is 186 Å².